The van der Waals surface area contributed by atoms with Crippen molar-refractivity contribution in [2.24, 2.45) is 0 Å². The van der Waals surface area contributed by atoms with Crippen molar-refractivity contribution in [3.05, 3.63) is 24.3 Å². The highest BCUT2D eigenvalue weighted by atomic mass is 35.5. The van der Waals surface area contributed by atoms with Crippen LogP contribution in [0.1, 0.15) is 0 Å². The summed E-state index contributed by atoms with van der Waals surface area (Å²) in [7, 11) is 0. The summed E-state index contributed by atoms with van der Waals surface area (Å²) in [6.07, 6.45) is 0. The quantitative estimate of drug-likeness (QED) is 0.700. The first-order valence-electron chi connectivity index (χ1n) is 2.27. The number of aromatic hydroxyl groups is 2. The highest BCUT2D eigenvalue weighted by Crippen LogP contribution is 2.21. The molecule has 0 aliphatic heterocycles. The van der Waals surface area contributed by atoms with Crippen molar-refractivity contribution in [3.63, 3.8) is 0 Å². The Morgan fingerprint density at radius 2 is 0.917 bits per heavy atom. The van der Waals surface area contributed by atoms with Crippen molar-refractivity contribution in [2.75, 3.05) is 0 Å². The van der Waals surface area contributed by atoms with E-state index in [4.69, 9.17) is 10.2 Å². The van der Waals surface area contributed by atoms with Crippen molar-refractivity contribution < 1.29 is 10.2 Å². The number of phenols is 2. The molecule has 12 heavy (non-hydrogen) atoms. The lowest BCUT2D eigenvalue weighted by Crippen LogP contribution is -1.63. The van der Waals surface area contributed by atoms with Gasteiger partial charge in [0.05, 0.1) is 0 Å². The van der Waals surface area contributed by atoms with Crippen LogP contribution < -0.4 is 0 Å². The normalized spacial score (nSPS) is 6.00. The van der Waals surface area contributed by atoms with Crippen LogP contribution in [0.4, 0.5) is 0 Å². The van der Waals surface area contributed by atoms with Crippen molar-refractivity contribution >= 4 is 49.6 Å². The second kappa shape index (κ2) is 11.0. The van der Waals surface area contributed by atoms with Gasteiger partial charge in [-0.1, -0.05) is 12.1 Å². The van der Waals surface area contributed by atoms with E-state index < -0.39 is 0 Å². The molecule has 0 aliphatic rings. The molecule has 0 saturated carbocycles. The van der Waals surface area contributed by atoms with Crippen LogP contribution in [0, 0.1) is 0 Å². The average Bonchev–Trinajstić information content (AvgIpc) is 1.77. The highest BCUT2D eigenvalue weighted by molar-refractivity contribution is 5.86. The van der Waals surface area contributed by atoms with Crippen LogP contribution >= 0.6 is 49.6 Å². The molecule has 0 unspecified atom stereocenters. The third-order valence-electron chi connectivity index (χ3n) is 0.882. The van der Waals surface area contributed by atoms with Gasteiger partial charge in [0.1, 0.15) is 0 Å². The summed E-state index contributed by atoms with van der Waals surface area (Å²) >= 11 is 0. The Hall–Kier alpha value is -0.0200. The number of benzene rings is 1. The SMILES string of the molecule is Cl.Cl.Cl.Cl.Oc1ccccc1O. The summed E-state index contributed by atoms with van der Waals surface area (Å²) in [6, 6.07) is 6.15. The van der Waals surface area contributed by atoms with Gasteiger partial charge in [-0.15, -0.1) is 49.6 Å². The first-order valence-corrected chi connectivity index (χ1v) is 2.27. The van der Waals surface area contributed by atoms with Gasteiger partial charge in [0.25, 0.3) is 0 Å². The minimum absolute atomic E-state index is 0. The summed E-state index contributed by atoms with van der Waals surface area (Å²) in [5, 5.41) is 17.3. The molecule has 1 aromatic rings. The summed E-state index contributed by atoms with van der Waals surface area (Å²) in [5.74, 6) is -0.153. The molecule has 6 heteroatoms. The zero-order valence-electron chi connectivity index (χ0n) is 5.84. The van der Waals surface area contributed by atoms with Gasteiger partial charge < -0.3 is 10.2 Å². The predicted molar refractivity (Wildman–Crippen MR) is 58.8 cm³/mol. The fraction of sp³-hybridized carbons (Fsp3) is 0. The Balaban J connectivity index is -0.0000000800. The van der Waals surface area contributed by atoms with Gasteiger partial charge in [0.2, 0.25) is 0 Å². The topological polar surface area (TPSA) is 40.5 Å². The summed E-state index contributed by atoms with van der Waals surface area (Å²) < 4.78 is 0. The maximum absolute atomic E-state index is 8.67. The first-order chi connectivity index (χ1) is 3.80. The van der Waals surface area contributed by atoms with E-state index in [0.29, 0.717) is 0 Å². The van der Waals surface area contributed by atoms with Gasteiger partial charge in [-0.25, -0.2) is 0 Å². The van der Waals surface area contributed by atoms with Crippen LogP contribution in [0.15, 0.2) is 24.3 Å². The number of phenolic OH excluding ortho intramolecular Hbond substituents is 2. The van der Waals surface area contributed by atoms with Crippen LogP contribution in [-0.4, -0.2) is 10.2 Å². The van der Waals surface area contributed by atoms with Gasteiger partial charge in [0, 0.05) is 0 Å². The lowest BCUT2D eigenvalue weighted by atomic mass is 10.3. The Bertz CT molecular complexity index is 174. The van der Waals surface area contributed by atoms with Crippen LogP contribution in [0.3, 0.4) is 0 Å². The maximum atomic E-state index is 8.67. The number of halogens is 4. The lowest BCUT2D eigenvalue weighted by molar-refractivity contribution is 0.404. The summed E-state index contributed by atoms with van der Waals surface area (Å²) in [5.41, 5.74) is 0. The molecule has 0 radical (unpaired) electrons. The molecule has 0 atom stereocenters. The number of rotatable bonds is 0. The fourth-order valence-electron chi connectivity index (χ4n) is 0.464. The third kappa shape index (κ3) is 6.68. The molecular formula is C6H10Cl4O2. The molecule has 1 rings (SSSR count). The zero-order chi connectivity index (χ0) is 5.98. The smallest absolute Gasteiger partial charge is 0.157 e. The first kappa shape index (κ1) is 22.7. The average molecular weight is 256 g/mol. The molecule has 0 aliphatic carbocycles. The third-order valence-corrected chi connectivity index (χ3v) is 0.882. The van der Waals surface area contributed by atoms with Gasteiger partial charge in [-0.3, -0.25) is 0 Å². The number of hydrogen-bond acceptors (Lipinski definition) is 2. The van der Waals surface area contributed by atoms with Crippen LogP contribution in [0.2, 0.25) is 0 Å². The second-order valence-electron chi connectivity index (χ2n) is 1.49. The Labute approximate surface area is 95.6 Å². The molecule has 0 heterocycles. The van der Waals surface area contributed by atoms with Crippen LogP contribution in [0.5, 0.6) is 11.5 Å². The van der Waals surface area contributed by atoms with Crippen LogP contribution in [-0.2, 0) is 0 Å². The minimum Gasteiger partial charge on any atom is -0.504 e. The number of para-hydroxylation sites is 2. The van der Waals surface area contributed by atoms with Crippen molar-refractivity contribution in [2.45, 2.75) is 0 Å². The van der Waals surface area contributed by atoms with E-state index in [1.165, 1.54) is 12.1 Å². The highest BCUT2D eigenvalue weighted by Gasteiger charge is 1.90. The summed E-state index contributed by atoms with van der Waals surface area (Å²) in [6.45, 7) is 0. The molecule has 2 N–H and O–H groups in total. The van der Waals surface area contributed by atoms with Crippen molar-refractivity contribution in [1.29, 1.82) is 0 Å². The monoisotopic (exact) mass is 254 g/mol. The molecular weight excluding hydrogens is 246 g/mol. The predicted octanol–water partition coefficient (Wildman–Crippen LogP) is 2.79. The van der Waals surface area contributed by atoms with E-state index in [2.05, 4.69) is 0 Å². The van der Waals surface area contributed by atoms with E-state index >= 15 is 0 Å². The van der Waals surface area contributed by atoms with Gasteiger partial charge in [-0.05, 0) is 12.1 Å². The molecule has 0 fully saturated rings. The van der Waals surface area contributed by atoms with E-state index in [1.54, 1.807) is 12.1 Å². The number of hydrogen-bond donors (Lipinski definition) is 2. The molecule has 2 nitrogen and oxygen atoms in total. The van der Waals surface area contributed by atoms with Gasteiger partial charge >= 0.3 is 0 Å². The largest absolute Gasteiger partial charge is 0.504 e. The van der Waals surface area contributed by atoms with Gasteiger partial charge in [0.15, 0.2) is 11.5 Å². The fourth-order valence-corrected chi connectivity index (χ4v) is 0.464. The van der Waals surface area contributed by atoms with E-state index in [9.17, 15) is 0 Å². The molecule has 74 valence electrons. The molecule has 1 aromatic carbocycles. The molecule has 0 bridgehead atoms. The maximum Gasteiger partial charge on any atom is 0.157 e. The standard InChI is InChI=1S/C6H6O2.4ClH/c7-5-3-1-2-4-6(5)8;;;;/h1-4,7-8H;4*1H. The van der Waals surface area contributed by atoms with Crippen molar-refractivity contribution in [3.8, 4) is 11.5 Å². The Kier molecular flexibility index (Phi) is 20.8. The molecule has 0 spiro atoms. The zero-order valence-corrected chi connectivity index (χ0v) is 9.10. The molecule has 0 amide bonds. The minimum atomic E-state index is -0.0764. The van der Waals surface area contributed by atoms with Crippen LogP contribution in [0.25, 0.3) is 0 Å². The molecule has 0 aromatic heterocycles. The lowest BCUT2D eigenvalue weighted by Gasteiger charge is -1.91. The Morgan fingerprint density at radius 1 is 0.667 bits per heavy atom. The second-order valence-corrected chi connectivity index (χ2v) is 1.49. The Morgan fingerprint density at radius 3 is 1.08 bits per heavy atom. The van der Waals surface area contributed by atoms with E-state index in [1.807, 2.05) is 0 Å². The summed E-state index contributed by atoms with van der Waals surface area (Å²) in [4.78, 5) is 0. The van der Waals surface area contributed by atoms with Gasteiger partial charge in [-0.2, -0.15) is 0 Å². The van der Waals surface area contributed by atoms with E-state index in [0.717, 1.165) is 0 Å². The van der Waals surface area contributed by atoms with E-state index in [-0.39, 0.29) is 61.1 Å². The van der Waals surface area contributed by atoms with Crippen molar-refractivity contribution in [1.82, 2.24) is 0 Å². The molecule has 0 saturated heterocycles.